The first-order valence-electron chi connectivity index (χ1n) is 7.12. The summed E-state index contributed by atoms with van der Waals surface area (Å²) in [5.41, 5.74) is 2.46. The molecule has 1 aromatic carbocycles. The van der Waals surface area contributed by atoms with E-state index in [1.165, 1.54) is 42.3 Å². The van der Waals surface area contributed by atoms with Gasteiger partial charge in [-0.1, -0.05) is 19.8 Å². The summed E-state index contributed by atoms with van der Waals surface area (Å²) in [6, 6.07) is 8.69. The van der Waals surface area contributed by atoms with Crippen LogP contribution in [0.1, 0.15) is 32.6 Å². The van der Waals surface area contributed by atoms with E-state index in [2.05, 4.69) is 41.5 Å². The van der Waals surface area contributed by atoms with Gasteiger partial charge in [-0.25, -0.2) is 0 Å². The zero-order valence-corrected chi connectivity index (χ0v) is 11.1. The quantitative estimate of drug-likeness (QED) is 0.820. The maximum atomic E-state index is 3.60. The fraction of sp³-hybridized carbons (Fsp3) is 0.500. The van der Waals surface area contributed by atoms with Gasteiger partial charge in [-0.2, -0.15) is 0 Å². The Morgan fingerprint density at radius 2 is 2.22 bits per heavy atom. The SMILES string of the molecule is CC1CCCC(CNc2ccc3[nH]ccc3c2)C1. The minimum absolute atomic E-state index is 0.857. The summed E-state index contributed by atoms with van der Waals surface area (Å²) in [7, 11) is 0. The summed E-state index contributed by atoms with van der Waals surface area (Å²) >= 11 is 0. The summed E-state index contributed by atoms with van der Waals surface area (Å²) in [5.74, 6) is 1.77. The molecular weight excluding hydrogens is 220 g/mol. The number of aromatic nitrogens is 1. The van der Waals surface area contributed by atoms with Crippen molar-refractivity contribution < 1.29 is 0 Å². The summed E-state index contributed by atoms with van der Waals surface area (Å²) in [5, 5.41) is 4.89. The highest BCUT2D eigenvalue weighted by Gasteiger charge is 2.18. The van der Waals surface area contributed by atoms with Gasteiger partial charge in [0.1, 0.15) is 0 Å². The van der Waals surface area contributed by atoms with Gasteiger partial charge in [0.15, 0.2) is 0 Å². The lowest BCUT2D eigenvalue weighted by Gasteiger charge is -2.27. The first-order valence-corrected chi connectivity index (χ1v) is 7.12. The Morgan fingerprint density at radius 1 is 1.28 bits per heavy atom. The predicted octanol–water partition coefficient (Wildman–Crippen LogP) is 4.41. The lowest BCUT2D eigenvalue weighted by molar-refractivity contribution is 0.293. The van der Waals surface area contributed by atoms with Crippen LogP contribution in [-0.4, -0.2) is 11.5 Å². The Balaban J connectivity index is 1.61. The van der Waals surface area contributed by atoms with Gasteiger partial charge in [0.2, 0.25) is 0 Å². The van der Waals surface area contributed by atoms with Crippen LogP contribution in [0, 0.1) is 11.8 Å². The molecule has 18 heavy (non-hydrogen) atoms. The van der Waals surface area contributed by atoms with E-state index < -0.39 is 0 Å². The standard InChI is InChI=1S/C16H22N2/c1-12-3-2-4-13(9-12)11-18-15-5-6-16-14(10-15)7-8-17-16/h5-8,10,12-13,17-18H,2-4,9,11H2,1H3. The molecule has 2 atom stereocenters. The molecule has 0 radical (unpaired) electrons. The Kier molecular flexibility index (Phi) is 3.26. The van der Waals surface area contributed by atoms with E-state index in [0.717, 1.165) is 18.4 Å². The maximum Gasteiger partial charge on any atom is 0.0455 e. The van der Waals surface area contributed by atoms with Gasteiger partial charge < -0.3 is 10.3 Å². The van der Waals surface area contributed by atoms with Gasteiger partial charge in [0.05, 0.1) is 0 Å². The van der Waals surface area contributed by atoms with E-state index in [0.29, 0.717) is 0 Å². The number of fused-ring (bicyclic) bond motifs is 1. The molecule has 1 aromatic heterocycles. The second-order valence-electron chi connectivity index (χ2n) is 5.80. The molecule has 2 N–H and O–H groups in total. The minimum atomic E-state index is 0.857. The zero-order valence-electron chi connectivity index (χ0n) is 11.1. The predicted molar refractivity (Wildman–Crippen MR) is 77.9 cm³/mol. The molecular formula is C16H22N2. The first-order chi connectivity index (χ1) is 8.81. The molecule has 0 bridgehead atoms. The van der Waals surface area contributed by atoms with Crippen molar-refractivity contribution in [1.29, 1.82) is 0 Å². The fourth-order valence-electron chi connectivity index (χ4n) is 3.17. The molecule has 0 aliphatic heterocycles. The smallest absolute Gasteiger partial charge is 0.0455 e. The lowest BCUT2D eigenvalue weighted by atomic mass is 9.82. The molecule has 0 saturated heterocycles. The average Bonchev–Trinajstić information content (AvgIpc) is 2.84. The summed E-state index contributed by atoms with van der Waals surface area (Å²) in [4.78, 5) is 3.23. The summed E-state index contributed by atoms with van der Waals surface area (Å²) in [6.07, 6.45) is 7.61. The van der Waals surface area contributed by atoms with Crippen molar-refractivity contribution in [1.82, 2.24) is 4.98 Å². The Morgan fingerprint density at radius 3 is 3.11 bits per heavy atom. The molecule has 1 heterocycles. The minimum Gasteiger partial charge on any atom is -0.385 e. The number of benzene rings is 1. The van der Waals surface area contributed by atoms with Crippen LogP contribution in [0.15, 0.2) is 30.5 Å². The molecule has 2 unspecified atom stereocenters. The average molecular weight is 242 g/mol. The van der Waals surface area contributed by atoms with Crippen molar-refractivity contribution in [3.8, 4) is 0 Å². The topological polar surface area (TPSA) is 27.8 Å². The molecule has 2 nitrogen and oxygen atoms in total. The van der Waals surface area contributed by atoms with Crippen molar-refractivity contribution >= 4 is 16.6 Å². The van der Waals surface area contributed by atoms with E-state index in [4.69, 9.17) is 0 Å². The zero-order chi connectivity index (χ0) is 12.4. The van der Waals surface area contributed by atoms with Crippen molar-refractivity contribution in [2.24, 2.45) is 11.8 Å². The number of H-pyrrole nitrogens is 1. The molecule has 1 fully saturated rings. The molecule has 0 spiro atoms. The van der Waals surface area contributed by atoms with Gasteiger partial charge in [-0.3, -0.25) is 0 Å². The van der Waals surface area contributed by atoms with Crippen molar-refractivity contribution in [2.75, 3.05) is 11.9 Å². The van der Waals surface area contributed by atoms with Crippen LogP contribution in [0.25, 0.3) is 10.9 Å². The molecule has 1 saturated carbocycles. The Bertz CT molecular complexity index is 515. The second-order valence-corrected chi connectivity index (χ2v) is 5.80. The lowest BCUT2D eigenvalue weighted by Crippen LogP contribution is -2.20. The van der Waals surface area contributed by atoms with E-state index in [9.17, 15) is 0 Å². The third kappa shape index (κ3) is 2.53. The van der Waals surface area contributed by atoms with Crippen LogP contribution in [0.5, 0.6) is 0 Å². The van der Waals surface area contributed by atoms with Gasteiger partial charge in [-0.15, -0.1) is 0 Å². The fourth-order valence-corrected chi connectivity index (χ4v) is 3.17. The molecule has 1 aliphatic rings. The van der Waals surface area contributed by atoms with E-state index >= 15 is 0 Å². The van der Waals surface area contributed by atoms with E-state index in [1.807, 2.05) is 6.20 Å². The number of hydrogen-bond acceptors (Lipinski definition) is 1. The van der Waals surface area contributed by atoms with Gasteiger partial charge in [0.25, 0.3) is 0 Å². The molecule has 2 heteroatoms. The van der Waals surface area contributed by atoms with Gasteiger partial charge >= 0.3 is 0 Å². The second kappa shape index (κ2) is 5.05. The molecule has 3 rings (SSSR count). The van der Waals surface area contributed by atoms with Gasteiger partial charge in [-0.05, 0) is 48.9 Å². The van der Waals surface area contributed by atoms with Crippen LogP contribution < -0.4 is 5.32 Å². The Labute approximate surface area is 109 Å². The maximum absolute atomic E-state index is 3.60. The van der Waals surface area contributed by atoms with Crippen LogP contribution in [0.2, 0.25) is 0 Å². The highest BCUT2D eigenvalue weighted by Crippen LogP contribution is 2.29. The van der Waals surface area contributed by atoms with E-state index in [1.54, 1.807) is 0 Å². The third-order valence-corrected chi connectivity index (χ3v) is 4.19. The molecule has 2 aromatic rings. The molecule has 96 valence electrons. The molecule has 1 aliphatic carbocycles. The number of aromatic amines is 1. The summed E-state index contributed by atoms with van der Waals surface area (Å²) < 4.78 is 0. The highest BCUT2D eigenvalue weighted by atomic mass is 14.9. The van der Waals surface area contributed by atoms with Crippen LogP contribution in [0.3, 0.4) is 0 Å². The van der Waals surface area contributed by atoms with Crippen LogP contribution in [-0.2, 0) is 0 Å². The Hall–Kier alpha value is -1.44. The normalized spacial score (nSPS) is 24.3. The van der Waals surface area contributed by atoms with Crippen molar-refractivity contribution in [2.45, 2.75) is 32.6 Å². The van der Waals surface area contributed by atoms with Crippen molar-refractivity contribution in [3.63, 3.8) is 0 Å². The molecule has 0 amide bonds. The first kappa shape index (κ1) is 11.6. The van der Waals surface area contributed by atoms with Crippen LogP contribution >= 0.6 is 0 Å². The summed E-state index contributed by atoms with van der Waals surface area (Å²) in [6.45, 7) is 3.51. The number of anilines is 1. The van der Waals surface area contributed by atoms with Crippen LogP contribution in [0.4, 0.5) is 5.69 Å². The van der Waals surface area contributed by atoms with Crippen molar-refractivity contribution in [3.05, 3.63) is 30.5 Å². The van der Waals surface area contributed by atoms with Gasteiger partial charge in [0, 0.05) is 29.3 Å². The monoisotopic (exact) mass is 242 g/mol. The number of nitrogens with one attached hydrogen (secondary N) is 2. The third-order valence-electron chi connectivity index (χ3n) is 4.19. The number of hydrogen-bond donors (Lipinski definition) is 2. The largest absolute Gasteiger partial charge is 0.385 e. The van der Waals surface area contributed by atoms with E-state index in [-0.39, 0.29) is 0 Å². The highest BCUT2D eigenvalue weighted by molar-refractivity contribution is 5.82. The number of rotatable bonds is 3.